The van der Waals surface area contributed by atoms with Gasteiger partial charge < -0.3 is 14.4 Å². The van der Waals surface area contributed by atoms with Crippen molar-refractivity contribution >= 4 is 11.9 Å². The van der Waals surface area contributed by atoms with Gasteiger partial charge in [0.1, 0.15) is 6.04 Å². The molecule has 1 atom stereocenters. The minimum atomic E-state index is -0.388. The Balaban J connectivity index is 2.08. The van der Waals surface area contributed by atoms with E-state index in [1.165, 1.54) is 7.11 Å². The van der Waals surface area contributed by atoms with Crippen molar-refractivity contribution in [1.29, 1.82) is 0 Å². The molecule has 0 aromatic heterocycles. The van der Waals surface area contributed by atoms with Gasteiger partial charge in [0.15, 0.2) is 0 Å². The molecule has 0 aliphatic carbocycles. The highest BCUT2D eigenvalue weighted by Gasteiger charge is 2.43. The number of methoxy groups -OCH3 is 1. The normalized spacial score (nSPS) is 27.6. The lowest BCUT2D eigenvalue weighted by Crippen LogP contribution is -2.54. The summed E-state index contributed by atoms with van der Waals surface area (Å²) in [5, 5.41) is 0. The molecule has 0 radical (unpaired) electrons. The Bertz CT molecular complexity index is 260. The average Bonchev–Trinajstić information content (AvgIpc) is 2.45. The molecule has 2 aliphatic rings. The molecular formula is C9H13NO4. The van der Waals surface area contributed by atoms with E-state index in [1.807, 2.05) is 0 Å². The van der Waals surface area contributed by atoms with Crippen LogP contribution in [0.2, 0.25) is 0 Å². The largest absolute Gasteiger partial charge is 0.467 e. The smallest absolute Gasteiger partial charge is 0.328 e. The summed E-state index contributed by atoms with van der Waals surface area (Å²) in [4.78, 5) is 24.5. The lowest BCUT2D eigenvalue weighted by molar-refractivity contribution is -0.158. The summed E-state index contributed by atoms with van der Waals surface area (Å²) in [5.41, 5.74) is 0. The highest BCUT2D eigenvalue weighted by molar-refractivity contribution is 5.88. The van der Waals surface area contributed by atoms with Crippen LogP contribution in [-0.4, -0.2) is 49.2 Å². The molecule has 1 amide bonds. The van der Waals surface area contributed by atoms with E-state index in [4.69, 9.17) is 4.74 Å². The lowest BCUT2D eigenvalue weighted by Gasteiger charge is -2.37. The van der Waals surface area contributed by atoms with Crippen molar-refractivity contribution < 1.29 is 19.1 Å². The number of ether oxygens (including phenoxy) is 2. The number of nitrogens with zero attached hydrogens (tertiary/aromatic N) is 1. The number of esters is 1. The Hall–Kier alpha value is -1.10. The van der Waals surface area contributed by atoms with E-state index < -0.39 is 0 Å². The third kappa shape index (κ3) is 1.37. The van der Waals surface area contributed by atoms with Crippen molar-refractivity contribution in [2.45, 2.75) is 24.9 Å². The van der Waals surface area contributed by atoms with Gasteiger partial charge in [0, 0.05) is 6.42 Å². The van der Waals surface area contributed by atoms with Crippen LogP contribution in [0.15, 0.2) is 0 Å². The zero-order chi connectivity index (χ0) is 10.1. The molecular weight excluding hydrogens is 186 g/mol. The monoisotopic (exact) mass is 199 g/mol. The summed E-state index contributed by atoms with van der Waals surface area (Å²) in [6.07, 6.45) is 1.01. The number of likely N-dealkylation sites (tertiary alicyclic amines) is 1. The second-order valence-corrected chi connectivity index (χ2v) is 3.57. The van der Waals surface area contributed by atoms with Crippen molar-refractivity contribution in [2.24, 2.45) is 0 Å². The van der Waals surface area contributed by atoms with Gasteiger partial charge in [-0.15, -0.1) is 0 Å². The van der Waals surface area contributed by atoms with Gasteiger partial charge in [-0.3, -0.25) is 4.79 Å². The van der Waals surface area contributed by atoms with Crippen molar-refractivity contribution in [1.82, 2.24) is 4.90 Å². The van der Waals surface area contributed by atoms with Crippen molar-refractivity contribution in [3.05, 3.63) is 0 Å². The van der Waals surface area contributed by atoms with Gasteiger partial charge in [0.25, 0.3) is 0 Å². The van der Waals surface area contributed by atoms with Gasteiger partial charge in [-0.2, -0.15) is 0 Å². The van der Waals surface area contributed by atoms with Gasteiger partial charge >= 0.3 is 5.97 Å². The molecule has 2 heterocycles. The molecule has 0 aromatic rings. The fourth-order valence-corrected chi connectivity index (χ4v) is 1.91. The Kier molecular flexibility index (Phi) is 2.41. The van der Waals surface area contributed by atoms with E-state index in [1.54, 1.807) is 4.90 Å². The van der Waals surface area contributed by atoms with Crippen LogP contribution in [0.3, 0.4) is 0 Å². The third-order valence-corrected chi connectivity index (χ3v) is 2.74. The topological polar surface area (TPSA) is 55.8 Å². The number of hydrogen-bond donors (Lipinski definition) is 0. The van der Waals surface area contributed by atoms with Gasteiger partial charge in [0.2, 0.25) is 5.91 Å². The molecule has 5 heteroatoms. The van der Waals surface area contributed by atoms with E-state index in [0.717, 1.165) is 0 Å². The van der Waals surface area contributed by atoms with E-state index in [0.29, 0.717) is 26.1 Å². The average molecular weight is 199 g/mol. The molecule has 2 saturated heterocycles. The first kappa shape index (κ1) is 9.45. The summed E-state index contributed by atoms with van der Waals surface area (Å²) in [7, 11) is 1.35. The molecule has 2 fully saturated rings. The minimum Gasteiger partial charge on any atom is -0.467 e. The van der Waals surface area contributed by atoms with Crippen LogP contribution in [0.4, 0.5) is 0 Å². The predicted octanol–water partition coefficient (Wildman–Crippen LogP) is -0.451. The Morgan fingerprint density at radius 2 is 2.29 bits per heavy atom. The third-order valence-electron chi connectivity index (χ3n) is 2.74. The van der Waals surface area contributed by atoms with Crippen LogP contribution < -0.4 is 0 Å². The first-order chi connectivity index (χ1) is 6.74. The summed E-state index contributed by atoms with van der Waals surface area (Å²) in [6, 6.07) is -0.310. The minimum absolute atomic E-state index is 0.0358. The maximum atomic E-state index is 11.5. The number of amides is 1. The molecule has 14 heavy (non-hydrogen) atoms. The lowest BCUT2D eigenvalue weighted by atomic mass is 10.1. The van der Waals surface area contributed by atoms with E-state index in [2.05, 4.69) is 4.74 Å². The zero-order valence-corrected chi connectivity index (χ0v) is 8.06. The quantitative estimate of drug-likeness (QED) is 0.565. The molecule has 78 valence electrons. The Labute approximate surface area is 82.0 Å². The number of carbonyl (C=O) groups is 2. The SMILES string of the molecule is COC(=O)C1CCC(=O)N1C1COC1. The molecule has 1 unspecified atom stereocenters. The molecule has 0 bridgehead atoms. The molecule has 0 spiro atoms. The second kappa shape index (κ2) is 3.57. The Morgan fingerprint density at radius 1 is 1.57 bits per heavy atom. The molecule has 2 aliphatic heterocycles. The first-order valence-electron chi connectivity index (χ1n) is 4.70. The maximum absolute atomic E-state index is 11.5. The number of hydrogen-bond acceptors (Lipinski definition) is 4. The summed E-state index contributed by atoms with van der Waals surface area (Å²) in [6.45, 7) is 1.08. The number of rotatable bonds is 2. The fourth-order valence-electron chi connectivity index (χ4n) is 1.91. The fraction of sp³-hybridized carbons (Fsp3) is 0.778. The van der Waals surface area contributed by atoms with Crippen LogP contribution in [0.25, 0.3) is 0 Å². The second-order valence-electron chi connectivity index (χ2n) is 3.57. The molecule has 0 N–H and O–H groups in total. The summed E-state index contributed by atoms with van der Waals surface area (Å²) >= 11 is 0. The van der Waals surface area contributed by atoms with Gasteiger partial charge in [-0.1, -0.05) is 0 Å². The zero-order valence-electron chi connectivity index (χ0n) is 8.06. The predicted molar refractivity (Wildman–Crippen MR) is 46.5 cm³/mol. The van der Waals surface area contributed by atoms with Crippen molar-refractivity contribution in [3.8, 4) is 0 Å². The highest BCUT2D eigenvalue weighted by Crippen LogP contribution is 2.25. The van der Waals surface area contributed by atoms with Crippen molar-refractivity contribution in [3.63, 3.8) is 0 Å². The van der Waals surface area contributed by atoms with Crippen LogP contribution >= 0.6 is 0 Å². The molecule has 0 aromatic carbocycles. The van der Waals surface area contributed by atoms with Crippen LogP contribution in [0.5, 0.6) is 0 Å². The van der Waals surface area contributed by atoms with Crippen LogP contribution in [0, 0.1) is 0 Å². The molecule has 5 nitrogen and oxygen atoms in total. The summed E-state index contributed by atoms with van der Waals surface area (Å²) in [5.74, 6) is -0.281. The molecule has 2 rings (SSSR count). The van der Waals surface area contributed by atoms with E-state index in [9.17, 15) is 9.59 Å². The summed E-state index contributed by atoms with van der Waals surface area (Å²) < 4.78 is 9.67. The van der Waals surface area contributed by atoms with E-state index in [-0.39, 0.29) is 24.0 Å². The van der Waals surface area contributed by atoms with Crippen LogP contribution in [0.1, 0.15) is 12.8 Å². The van der Waals surface area contributed by atoms with Gasteiger partial charge in [-0.25, -0.2) is 4.79 Å². The molecule has 0 saturated carbocycles. The highest BCUT2D eigenvalue weighted by atomic mass is 16.5. The first-order valence-corrected chi connectivity index (χ1v) is 4.70. The Morgan fingerprint density at radius 3 is 2.79 bits per heavy atom. The van der Waals surface area contributed by atoms with E-state index >= 15 is 0 Å². The standard InChI is InChI=1S/C9H13NO4/c1-13-9(12)7-2-3-8(11)10(7)6-4-14-5-6/h6-7H,2-5H2,1H3. The number of carbonyl (C=O) groups excluding carboxylic acids is 2. The van der Waals surface area contributed by atoms with Crippen molar-refractivity contribution in [2.75, 3.05) is 20.3 Å². The van der Waals surface area contributed by atoms with Gasteiger partial charge in [-0.05, 0) is 6.42 Å². The maximum Gasteiger partial charge on any atom is 0.328 e. The van der Waals surface area contributed by atoms with Crippen LogP contribution in [-0.2, 0) is 19.1 Å². The van der Waals surface area contributed by atoms with Gasteiger partial charge in [0.05, 0.1) is 26.4 Å².